The summed E-state index contributed by atoms with van der Waals surface area (Å²) in [6, 6.07) is 14.3. The van der Waals surface area contributed by atoms with Crippen molar-refractivity contribution in [2.75, 3.05) is 0 Å². The minimum atomic E-state index is -0.439. The maximum atomic E-state index is 12.0. The Morgan fingerprint density at radius 3 is 2.55 bits per heavy atom. The number of carbonyl (C=O) groups excluding carboxylic acids is 1. The zero-order valence-corrected chi connectivity index (χ0v) is 11.2. The molecule has 3 nitrogen and oxygen atoms in total. The van der Waals surface area contributed by atoms with E-state index in [4.69, 9.17) is 16.3 Å². The van der Waals surface area contributed by atoms with E-state index in [0.29, 0.717) is 16.3 Å². The van der Waals surface area contributed by atoms with E-state index < -0.39 is 5.97 Å². The second-order valence-electron chi connectivity index (χ2n) is 4.22. The number of hydrogen-bond donors (Lipinski definition) is 0. The highest BCUT2D eigenvalue weighted by Crippen LogP contribution is 2.31. The van der Waals surface area contributed by atoms with Crippen LogP contribution < -0.4 is 4.74 Å². The van der Waals surface area contributed by atoms with Gasteiger partial charge in [0.05, 0.1) is 5.56 Å². The van der Waals surface area contributed by atoms with Crippen LogP contribution in [0.3, 0.4) is 0 Å². The van der Waals surface area contributed by atoms with Gasteiger partial charge in [-0.15, -0.1) is 0 Å². The quantitative estimate of drug-likeness (QED) is 0.525. The summed E-state index contributed by atoms with van der Waals surface area (Å²) >= 11 is 6.13. The molecule has 0 unspecified atom stereocenters. The standard InChI is InChI=1S/C16H10ClNO2/c17-14-7-8-15(13-6-2-1-5-12(13)14)20-16(19)11-4-3-9-18-10-11/h1-10H. The number of fused-ring (bicyclic) bond motifs is 1. The van der Waals surface area contributed by atoms with Gasteiger partial charge < -0.3 is 4.74 Å². The third kappa shape index (κ3) is 2.36. The van der Waals surface area contributed by atoms with Crippen molar-refractivity contribution in [3.63, 3.8) is 0 Å². The molecule has 3 rings (SSSR count). The van der Waals surface area contributed by atoms with E-state index in [1.807, 2.05) is 24.3 Å². The minimum Gasteiger partial charge on any atom is -0.422 e. The molecule has 20 heavy (non-hydrogen) atoms. The summed E-state index contributed by atoms with van der Waals surface area (Å²) in [5.41, 5.74) is 0.409. The first kappa shape index (κ1) is 12.6. The van der Waals surface area contributed by atoms with Crippen molar-refractivity contribution in [1.29, 1.82) is 0 Å². The zero-order chi connectivity index (χ0) is 13.9. The molecule has 0 atom stereocenters. The normalized spacial score (nSPS) is 10.4. The third-order valence-electron chi connectivity index (χ3n) is 2.93. The van der Waals surface area contributed by atoms with Gasteiger partial charge in [-0.2, -0.15) is 0 Å². The van der Waals surface area contributed by atoms with E-state index in [0.717, 1.165) is 10.8 Å². The monoisotopic (exact) mass is 283 g/mol. The summed E-state index contributed by atoms with van der Waals surface area (Å²) in [5.74, 6) is 0.0458. The average molecular weight is 284 g/mol. The number of benzene rings is 2. The minimum absolute atomic E-state index is 0.409. The van der Waals surface area contributed by atoms with Crippen molar-refractivity contribution >= 4 is 28.3 Å². The van der Waals surface area contributed by atoms with Crippen LogP contribution in [0.15, 0.2) is 60.9 Å². The summed E-state index contributed by atoms with van der Waals surface area (Å²) in [7, 11) is 0. The fourth-order valence-electron chi connectivity index (χ4n) is 1.97. The Bertz CT molecular complexity index is 772. The van der Waals surface area contributed by atoms with Crippen LogP contribution in [0.25, 0.3) is 10.8 Å². The first-order valence-electron chi connectivity index (χ1n) is 6.05. The van der Waals surface area contributed by atoms with E-state index in [2.05, 4.69) is 4.98 Å². The predicted molar refractivity (Wildman–Crippen MR) is 78.2 cm³/mol. The van der Waals surface area contributed by atoms with Crippen LogP contribution in [-0.2, 0) is 0 Å². The van der Waals surface area contributed by atoms with Gasteiger partial charge in [-0.05, 0) is 24.3 Å². The van der Waals surface area contributed by atoms with E-state index in [-0.39, 0.29) is 0 Å². The largest absolute Gasteiger partial charge is 0.422 e. The molecule has 3 aromatic rings. The summed E-state index contributed by atoms with van der Waals surface area (Å²) in [6.07, 6.45) is 3.08. The highest BCUT2D eigenvalue weighted by Gasteiger charge is 2.11. The lowest BCUT2D eigenvalue weighted by atomic mass is 10.1. The fraction of sp³-hybridized carbons (Fsp3) is 0. The molecule has 0 aliphatic carbocycles. The maximum Gasteiger partial charge on any atom is 0.345 e. The molecular formula is C16H10ClNO2. The number of ether oxygens (including phenoxy) is 1. The number of rotatable bonds is 2. The molecule has 0 aliphatic heterocycles. The molecule has 0 amide bonds. The number of aromatic nitrogens is 1. The van der Waals surface area contributed by atoms with E-state index in [9.17, 15) is 4.79 Å². The van der Waals surface area contributed by atoms with Gasteiger partial charge in [0, 0.05) is 28.2 Å². The van der Waals surface area contributed by atoms with Crippen LogP contribution in [0.1, 0.15) is 10.4 Å². The van der Waals surface area contributed by atoms with Crippen LogP contribution in [0.4, 0.5) is 0 Å². The lowest BCUT2D eigenvalue weighted by Gasteiger charge is -2.08. The first-order valence-corrected chi connectivity index (χ1v) is 6.43. The number of pyridine rings is 1. The van der Waals surface area contributed by atoms with Crippen molar-refractivity contribution in [3.05, 3.63) is 71.5 Å². The molecule has 1 aromatic heterocycles. The SMILES string of the molecule is O=C(Oc1ccc(Cl)c2ccccc12)c1cccnc1. The highest BCUT2D eigenvalue weighted by atomic mass is 35.5. The Morgan fingerprint density at radius 2 is 1.80 bits per heavy atom. The molecule has 0 N–H and O–H groups in total. The molecule has 0 radical (unpaired) electrons. The summed E-state index contributed by atoms with van der Waals surface area (Å²) in [4.78, 5) is 15.9. The van der Waals surface area contributed by atoms with E-state index >= 15 is 0 Å². The average Bonchev–Trinajstić information content (AvgIpc) is 2.51. The number of halogens is 1. The van der Waals surface area contributed by atoms with Crippen molar-refractivity contribution < 1.29 is 9.53 Å². The van der Waals surface area contributed by atoms with Crippen LogP contribution >= 0.6 is 11.6 Å². The highest BCUT2D eigenvalue weighted by molar-refractivity contribution is 6.35. The molecule has 0 fully saturated rings. The molecule has 0 spiro atoms. The van der Waals surface area contributed by atoms with Gasteiger partial charge in [0.2, 0.25) is 0 Å². The van der Waals surface area contributed by atoms with E-state index in [1.54, 1.807) is 30.5 Å². The lowest BCUT2D eigenvalue weighted by Crippen LogP contribution is -2.08. The zero-order valence-electron chi connectivity index (χ0n) is 10.4. The second kappa shape index (κ2) is 5.31. The van der Waals surface area contributed by atoms with Gasteiger partial charge in [0.1, 0.15) is 5.75 Å². The predicted octanol–water partition coefficient (Wildman–Crippen LogP) is 4.11. The molecule has 0 saturated heterocycles. The Labute approximate surface area is 120 Å². The Morgan fingerprint density at radius 1 is 1.00 bits per heavy atom. The Balaban J connectivity index is 2.00. The molecule has 2 aromatic carbocycles. The van der Waals surface area contributed by atoms with Gasteiger partial charge in [-0.3, -0.25) is 4.98 Å². The van der Waals surface area contributed by atoms with Crippen LogP contribution in [-0.4, -0.2) is 11.0 Å². The fourth-order valence-corrected chi connectivity index (χ4v) is 2.19. The molecular weight excluding hydrogens is 274 g/mol. The van der Waals surface area contributed by atoms with Gasteiger partial charge in [-0.25, -0.2) is 4.79 Å². The number of hydrogen-bond acceptors (Lipinski definition) is 3. The molecule has 0 saturated carbocycles. The first-order chi connectivity index (χ1) is 9.75. The molecule has 98 valence electrons. The van der Waals surface area contributed by atoms with Crippen molar-refractivity contribution in [1.82, 2.24) is 4.98 Å². The van der Waals surface area contributed by atoms with Crippen LogP contribution in [0.2, 0.25) is 5.02 Å². The molecule has 0 aliphatic rings. The van der Waals surface area contributed by atoms with Gasteiger partial charge in [-0.1, -0.05) is 35.9 Å². The third-order valence-corrected chi connectivity index (χ3v) is 3.26. The summed E-state index contributed by atoms with van der Waals surface area (Å²) in [5, 5.41) is 2.28. The van der Waals surface area contributed by atoms with Gasteiger partial charge in [0.15, 0.2) is 0 Å². The molecule has 1 heterocycles. The maximum absolute atomic E-state index is 12.0. The smallest absolute Gasteiger partial charge is 0.345 e. The number of nitrogens with zero attached hydrogens (tertiary/aromatic N) is 1. The van der Waals surface area contributed by atoms with Crippen molar-refractivity contribution in [2.24, 2.45) is 0 Å². The number of carbonyl (C=O) groups is 1. The van der Waals surface area contributed by atoms with Crippen LogP contribution in [0.5, 0.6) is 5.75 Å². The van der Waals surface area contributed by atoms with Crippen LogP contribution in [0, 0.1) is 0 Å². The summed E-state index contributed by atoms with van der Waals surface area (Å²) in [6.45, 7) is 0. The van der Waals surface area contributed by atoms with Crippen molar-refractivity contribution in [3.8, 4) is 5.75 Å². The topological polar surface area (TPSA) is 39.2 Å². The van der Waals surface area contributed by atoms with Gasteiger partial charge >= 0.3 is 5.97 Å². The van der Waals surface area contributed by atoms with Gasteiger partial charge in [0.25, 0.3) is 0 Å². The Kier molecular flexibility index (Phi) is 3.35. The lowest BCUT2D eigenvalue weighted by molar-refractivity contribution is 0.0736. The van der Waals surface area contributed by atoms with E-state index in [1.165, 1.54) is 6.20 Å². The molecule has 4 heteroatoms. The number of esters is 1. The Hall–Kier alpha value is -2.39. The summed E-state index contributed by atoms with van der Waals surface area (Å²) < 4.78 is 5.43. The van der Waals surface area contributed by atoms with Crippen molar-refractivity contribution in [2.45, 2.75) is 0 Å². The second-order valence-corrected chi connectivity index (χ2v) is 4.63. The molecule has 0 bridgehead atoms.